The van der Waals surface area contributed by atoms with Crippen LogP contribution in [0.4, 0.5) is 0 Å². The molecule has 1 saturated carbocycles. The van der Waals surface area contributed by atoms with Gasteiger partial charge < -0.3 is 24.5 Å². The summed E-state index contributed by atoms with van der Waals surface area (Å²) in [6.45, 7) is 2.63. The van der Waals surface area contributed by atoms with Crippen molar-refractivity contribution >= 4 is 17.7 Å². The number of rotatable bonds is 9. The first kappa shape index (κ1) is 36.0. The van der Waals surface area contributed by atoms with Crippen molar-refractivity contribution in [3.8, 4) is 6.07 Å². The molecule has 1 aromatic heterocycles. The van der Waals surface area contributed by atoms with E-state index in [1.165, 1.54) is 0 Å². The van der Waals surface area contributed by atoms with Crippen LogP contribution < -0.4 is 11.1 Å². The van der Waals surface area contributed by atoms with Crippen molar-refractivity contribution in [2.75, 3.05) is 41.3 Å². The largest absolute Gasteiger partial charge is 0.459 e. The molecule has 12 heteroatoms. The summed E-state index contributed by atoms with van der Waals surface area (Å²) in [5, 5.41) is 13.1. The summed E-state index contributed by atoms with van der Waals surface area (Å²) in [6.07, 6.45) is 7.90. The molecule has 12 nitrogen and oxygen atoms in total. The molecule has 6 rings (SSSR count). The van der Waals surface area contributed by atoms with Gasteiger partial charge in [-0.05, 0) is 98.4 Å². The van der Waals surface area contributed by atoms with Crippen LogP contribution in [-0.2, 0) is 23.1 Å². The molecule has 3 aromatic rings. The number of hydrogen-bond acceptors (Lipinski definition) is 8. The zero-order valence-electron chi connectivity index (χ0n) is 30.4. The third kappa shape index (κ3) is 6.96. The minimum atomic E-state index is -1.05. The Morgan fingerprint density at radius 2 is 1.53 bits per heavy atom. The Bertz CT molecular complexity index is 1830. The fraction of sp³-hybridized carbons (Fsp3) is 0.538. The second-order valence-corrected chi connectivity index (χ2v) is 14.8. The van der Waals surface area contributed by atoms with E-state index >= 15 is 0 Å². The lowest BCUT2D eigenvalue weighted by atomic mass is 9.67. The maximum absolute atomic E-state index is 13.4. The number of fused-ring (bicyclic) bond motifs is 2. The Morgan fingerprint density at radius 1 is 0.941 bits per heavy atom. The first-order valence-electron chi connectivity index (χ1n) is 18.2. The number of hydrogen-bond donors (Lipinski definition) is 1. The number of amides is 3. The Labute approximate surface area is 299 Å². The number of carbonyl (C=O) groups excluding carboxylic acids is 3. The Hall–Kier alpha value is -4.76. The minimum absolute atomic E-state index is 0.0515. The van der Waals surface area contributed by atoms with E-state index in [0.29, 0.717) is 49.2 Å². The van der Waals surface area contributed by atoms with E-state index in [2.05, 4.69) is 16.4 Å². The van der Waals surface area contributed by atoms with Crippen LogP contribution in [0.25, 0.3) is 0 Å². The predicted molar refractivity (Wildman–Crippen MR) is 192 cm³/mol. The summed E-state index contributed by atoms with van der Waals surface area (Å²) >= 11 is 0. The molecule has 1 aliphatic heterocycles. The molecule has 2 heterocycles. The van der Waals surface area contributed by atoms with Crippen molar-refractivity contribution in [1.82, 2.24) is 29.7 Å². The van der Waals surface area contributed by atoms with Gasteiger partial charge in [0.1, 0.15) is 6.04 Å². The Morgan fingerprint density at radius 3 is 2.08 bits per heavy atom. The van der Waals surface area contributed by atoms with E-state index in [1.54, 1.807) is 47.6 Å². The lowest BCUT2D eigenvalue weighted by Gasteiger charge is -2.39. The van der Waals surface area contributed by atoms with Gasteiger partial charge in [0, 0.05) is 51.9 Å². The molecule has 51 heavy (non-hydrogen) atoms. The van der Waals surface area contributed by atoms with E-state index < -0.39 is 17.2 Å². The number of aryl methyl sites for hydroxylation is 2. The summed E-state index contributed by atoms with van der Waals surface area (Å²) in [7, 11) is 6.91. The van der Waals surface area contributed by atoms with Gasteiger partial charge in [0.15, 0.2) is 5.82 Å². The highest BCUT2D eigenvalue weighted by Gasteiger charge is 2.48. The predicted octanol–water partition coefficient (Wildman–Crippen LogP) is 4.06. The molecular weight excluding hydrogens is 646 g/mol. The van der Waals surface area contributed by atoms with Gasteiger partial charge in [0.25, 0.3) is 11.8 Å². The zero-order valence-corrected chi connectivity index (χ0v) is 30.4. The number of likely N-dealkylation sites (tertiary alicyclic amines) is 1. The Balaban J connectivity index is 1.55. The van der Waals surface area contributed by atoms with E-state index in [4.69, 9.17) is 4.52 Å². The molecule has 2 aromatic carbocycles. The summed E-state index contributed by atoms with van der Waals surface area (Å²) in [6, 6.07) is 13.1. The van der Waals surface area contributed by atoms with Crippen molar-refractivity contribution in [2.24, 2.45) is 0 Å². The Kier molecular flexibility index (Phi) is 10.5. The summed E-state index contributed by atoms with van der Waals surface area (Å²) in [5.41, 5.74) is 3.77. The molecule has 2 atom stereocenters. The highest BCUT2D eigenvalue weighted by atomic mass is 16.5. The van der Waals surface area contributed by atoms with Gasteiger partial charge in [0.2, 0.25) is 5.91 Å². The highest BCUT2D eigenvalue weighted by Crippen LogP contribution is 2.49. The molecule has 2 fully saturated rings. The van der Waals surface area contributed by atoms with Crippen molar-refractivity contribution in [3.05, 3.63) is 86.2 Å². The molecule has 0 bridgehead atoms. The third-order valence-electron chi connectivity index (χ3n) is 10.9. The summed E-state index contributed by atoms with van der Waals surface area (Å²) in [4.78, 5) is 62.6. The number of nitriles is 1. The standard InChI is InChI=1S/C39H49N7O5/c1-25(41-24-34(47)45-19-9-12-31(45)23-40)22-39(37-42-38(50)51-46(37)30-10-7-6-8-11-30)32-17-15-28(35(48)43(2)3)20-26(32)13-14-27-21-29(16-18-33(27)39)36(49)44(4)5/h15-18,20-21,25,30-31,41H,6-14,19,22,24H2,1-5H3/t25-,31-/m0/s1. The van der Waals surface area contributed by atoms with E-state index in [9.17, 15) is 24.4 Å². The lowest BCUT2D eigenvalue weighted by Crippen LogP contribution is -2.46. The number of nitrogens with zero attached hydrogens (tertiary/aromatic N) is 6. The van der Waals surface area contributed by atoms with Crippen LogP contribution in [0.1, 0.15) is 113 Å². The van der Waals surface area contributed by atoms with Gasteiger partial charge in [-0.15, -0.1) is 0 Å². The number of aromatic nitrogens is 2. The van der Waals surface area contributed by atoms with Gasteiger partial charge in [-0.2, -0.15) is 15.0 Å². The molecule has 2 aliphatic carbocycles. The van der Waals surface area contributed by atoms with Gasteiger partial charge >= 0.3 is 5.76 Å². The van der Waals surface area contributed by atoms with Gasteiger partial charge in [0.05, 0.1) is 24.1 Å². The SMILES string of the molecule is C[C@@H](CC1(c2nc(=O)on2C2CCCCC2)c2ccc(C(=O)N(C)C)cc2CCc2cc(C(=O)N(C)C)ccc21)NCC(=O)N1CCC[C@H]1C#N. The zero-order chi connectivity index (χ0) is 36.4. The molecule has 1 N–H and O–H groups in total. The number of carbonyl (C=O) groups is 3. The van der Waals surface area contributed by atoms with Crippen LogP contribution in [0.5, 0.6) is 0 Å². The lowest BCUT2D eigenvalue weighted by molar-refractivity contribution is -0.130. The highest BCUT2D eigenvalue weighted by molar-refractivity contribution is 5.95. The first-order chi connectivity index (χ1) is 24.4. The fourth-order valence-corrected chi connectivity index (χ4v) is 8.41. The fourth-order valence-electron chi connectivity index (χ4n) is 8.41. The summed E-state index contributed by atoms with van der Waals surface area (Å²) < 4.78 is 7.73. The van der Waals surface area contributed by atoms with Crippen molar-refractivity contribution < 1.29 is 18.9 Å². The number of nitrogens with one attached hydrogen (secondary N) is 1. The molecule has 0 radical (unpaired) electrons. The van der Waals surface area contributed by atoms with Crippen molar-refractivity contribution in [2.45, 2.75) is 94.7 Å². The average Bonchev–Trinajstić information content (AvgIpc) is 3.75. The topological polar surface area (TPSA) is 145 Å². The first-order valence-corrected chi connectivity index (χ1v) is 18.2. The molecule has 270 valence electrons. The van der Waals surface area contributed by atoms with Crippen LogP contribution in [0.3, 0.4) is 0 Å². The van der Waals surface area contributed by atoms with Crippen LogP contribution in [0.2, 0.25) is 0 Å². The van der Waals surface area contributed by atoms with Crippen LogP contribution in [0, 0.1) is 11.3 Å². The summed E-state index contributed by atoms with van der Waals surface area (Å²) in [5.74, 6) is -0.535. The minimum Gasteiger partial charge on any atom is -0.345 e. The smallest absolute Gasteiger partial charge is 0.345 e. The van der Waals surface area contributed by atoms with Gasteiger partial charge in [-0.25, -0.2) is 4.79 Å². The van der Waals surface area contributed by atoms with Crippen LogP contribution >= 0.6 is 0 Å². The third-order valence-corrected chi connectivity index (χ3v) is 10.9. The molecule has 1 saturated heterocycles. The van der Waals surface area contributed by atoms with Gasteiger partial charge in [-0.3, -0.25) is 14.4 Å². The quantitative estimate of drug-likeness (QED) is 0.353. The maximum Gasteiger partial charge on any atom is 0.459 e. The van der Waals surface area contributed by atoms with Crippen molar-refractivity contribution in [1.29, 1.82) is 5.26 Å². The average molecular weight is 696 g/mol. The number of benzene rings is 2. The monoisotopic (exact) mass is 695 g/mol. The van der Waals surface area contributed by atoms with E-state index in [0.717, 1.165) is 60.8 Å². The van der Waals surface area contributed by atoms with Crippen molar-refractivity contribution in [3.63, 3.8) is 0 Å². The second kappa shape index (κ2) is 14.8. The maximum atomic E-state index is 13.4. The molecular formula is C39H49N7O5. The van der Waals surface area contributed by atoms with Gasteiger partial charge in [-0.1, -0.05) is 31.4 Å². The van der Waals surface area contributed by atoms with Crippen LogP contribution in [-0.4, -0.2) is 95.5 Å². The second-order valence-electron chi connectivity index (χ2n) is 14.8. The van der Waals surface area contributed by atoms with E-state index in [-0.39, 0.29) is 36.3 Å². The van der Waals surface area contributed by atoms with E-state index in [1.807, 2.05) is 43.3 Å². The molecule has 3 aliphatic rings. The molecule has 3 amide bonds. The molecule has 0 spiro atoms. The molecule has 0 unspecified atom stereocenters. The van der Waals surface area contributed by atoms with Crippen LogP contribution in [0.15, 0.2) is 45.7 Å². The normalized spacial score (nSPS) is 19.0.